The molecule has 102 valence electrons. The molecule has 3 N–H and O–H groups in total. The highest BCUT2D eigenvalue weighted by molar-refractivity contribution is 9.10. The van der Waals surface area contributed by atoms with Crippen LogP contribution in [-0.4, -0.2) is 11.9 Å². The zero-order valence-corrected chi connectivity index (χ0v) is 13.2. The van der Waals surface area contributed by atoms with Crippen molar-refractivity contribution in [1.29, 1.82) is 0 Å². The molecule has 0 bridgehead atoms. The van der Waals surface area contributed by atoms with Gasteiger partial charge in [0.05, 0.1) is 12.1 Å². The topological polar surface area (TPSA) is 55.1 Å². The molecular formula is C13H20BrClN2O. The highest BCUT2D eigenvalue weighted by Crippen LogP contribution is 2.22. The Morgan fingerprint density at radius 1 is 1.28 bits per heavy atom. The number of halogens is 2. The largest absolute Gasteiger partial charge is 0.348 e. The van der Waals surface area contributed by atoms with E-state index < -0.39 is 6.04 Å². The number of benzene rings is 1. The number of nitrogens with two attached hydrogens (primary N) is 1. The second-order valence-corrected chi connectivity index (χ2v) is 5.38. The first kappa shape index (κ1) is 17.4. The molecule has 1 amide bonds. The number of hydrogen-bond acceptors (Lipinski definition) is 2. The smallest absolute Gasteiger partial charge is 0.237 e. The van der Waals surface area contributed by atoms with Crippen molar-refractivity contribution in [3.05, 3.63) is 34.3 Å². The van der Waals surface area contributed by atoms with E-state index in [2.05, 4.69) is 21.2 Å². The van der Waals surface area contributed by atoms with Crippen molar-refractivity contribution in [2.45, 2.75) is 32.9 Å². The summed E-state index contributed by atoms with van der Waals surface area (Å²) in [6.45, 7) is 5.83. The highest BCUT2D eigenvalue weighted by atomic mass is 79.9. The van der Waals surface area contributed by atoms with Gasteiger partial charge >= 0.3 is 0 Å². The summed E-state index contributed by atoms with van der Waals surface area (Å²) in [5.41, 5.74) is 6.85. The van der Waals surface area contributed by atoms with Gasteiger partial charge in [-0.25, -0.2) is 0 Å². The summed E-state index contributed by atoms with van der Waals surface area (Å²) in [6.07, 6.45) is 0. The molecule has 2 atom stereocenters. The molecule has 0 heterocycles. The normalized spacial score (nSPS) is 13.7. The second kappa shape index (κ2) is 7.77. The summed E-state index contributed by atoms with van der Waals surface area (Å²) in [7, 11) is 0. The second-order valence-electron chi connectivity index (χ2n) is 4.52. The Hall–Kier alpha value is -0.580. The van der Waals surface area contributed by atoms with E-state index in [1.165, 1.54) is 0 Å². The average molecular weight is 336 g/mol. The molecule has 0 aliphatic rings. The minimum atomic E-state index is -0.458. The van der Waals surface area contributed by atoms with Gasteiger partial charge in [-0.1, -0.05) is 48.0 Å². The van der Waals surface area contributed by atoms with Crippen LogP contribution >= 0.6 is 28.3 Å². The van der Waals surface area contributed by atoms with Crippen LogP contribution in [0.3, 0.4) is 0 Å². The van der Waals surface area contributed by atoms with Gasteiger partial charge in [-0.3, -0.25) is 4.79 Å². The number of carbonyl (C=O) groups is 1. The molecule has 0 aliphatic heterocycles. The molecule has 1 aromatic rings. The van der Waals surface area contributed by atoms with Gasteiger partial charge in [0.1, 0.15) is 0 Å². The maximum Gasteiger partial charge on any atom is 0.237 e. The Bertz CT molecular complexity index is 398. The van der Waals surface area contributed by atoms with Crippen LogP contribution in [0.1, 0.15) is 32.4 Å². The minimum absolute atomic E-state index is 0. The number of amides is 1. The van der Waals surface area contributed by atoms with E-state index in [9.17, 15) is 4.79 Å². The minimum Gasteiger partial charge on any atom is -0.348 e. The van der Waals surface area contributed by atoms with Crippen LogP contribution in [0.2, 0.25) is 0 Å². The maximum atomic E-state index is 11.8. The fourth-order valence-electron chi connectivity index (χ4n) is 1.52. The van der Waals surface area contributed by atoms with Crippen LogP contribution in [0.25, 0.3) is 0 Å². The molecule has 0 radical (unpaired) electrons. The van der Waals surface area contributed by atoms with Crippen molar-refractivity contribution in [1.82, 2.24) is 5.32 Å². The van der Waals surface area contributed by atoms with Crippen molar-refractivity contribution >= 4 is 34.2 Å². The van der Waals surface area contributed by atoms with Gasteiger partial charge in [-0.2, -0.15) is 0 Å². The summed E-state index contributed by atoms with van der Waals surface area (Å²) < 4.78 is 0.992. The Morgan fingerprint density at radius 3 is 2.33 bits per heavy atom. The lowest BCUT2D eigenvalue weighted by Gasteiger charge is -2.20. The monoisotopic (exact) mass is 334 g/mol. The maximum absolute atomic E-state index is 11.8. The first-order valence-corrected chi connectivity index (χ1v) is 6.53. The summed E-state index contributed by atoms with van der Waals surface area (Å²) in [5, 5.41) is 2.92. The fraction of sp³-hybridized carbons (Fsp3) is 0.462. The molecule has 1 aromatic carbocycles. The van der Waals surface area contributed by atoms with Crippen LogP contribution in [0.4, 0.5) is 0 Å². The number of rotatable bonds is 4. The Kier molecular flexibility index (Phi) is 7.52. The van der Waals surface area contributed by atoms with Crippen molar-refractivity contribution < 1.29 is 4.79 Å². The zero-order valence-electron chi connectivity index (χ0n) is 10.8. The van der Waals surface area contributed by atoms with Crippen LogP contribution in [0, 0.1) is 5.92 Å². The molecule has 2 unspecified atom stereocenters. The molecule has 3 nitrogen and oxygen atoms in total. The molecule has 0 saturated carbocycles. The van der Waals surface area contributed by atoms with Crippen molar-refractivity contribution in [3.8, 4) is 0 Å². The van der Waals surface area contributed by atoms with Gasteiger partial charge in [0, 0.05) is 4.47 Å². The lowest BCUT2D eigenvalue weighted by atomic mass is 10.0. The Balaban J connectivity index is 0.00000289. The van der Waals surface area contributed by atoms with E-state index in [4.69, 9.17) is 5.73 Å². The molecular weight excluding hydrogens is 316 g/mol. The van der Waals surface area contributed by atoms with Crippen molar-refractivity contribution in [3.63, 3.8) is 0 Å². The molecule has 0 saturated heterocycles. The first-order valence-electron chi connectivity index (χ1n) is 5.74. The van der Waals surface area contributed by atoms with Gasteiger partial charge in [0.25, 0.3) is 0 Å². The molecule has 5 heteroatoms. The van der Waals surface area contributed by atoms with Crippen LogP contribution in [0.5, 0.6) is 0 Å². The summed E-state index contributed by atoms with van der Waals surface area (Å²) >= 11 is 3.47. The van der Waals surface area contributed by atoms with Gasteiger partial charge in [0.2, 0.25) is 5.91 Å². The number of carbonyl (C=O) groups excluding carboxylic acids is 1. The van der Waals surface area contributed by atoms with Gasteiger partial charge in [-0.05, 0) is 24.5 Å². The van der Waals surface area contributed by atoms with E-state index in [0.29, 0.717) is 0 Å². The predicted octanol–water partition coefficient (Wildman–Crippen LogP) is 3.03. The van der Waals surface area contributed by atoms with E-state index >= 15 is 0 Å². The van der Waals surface area contributed by atoms with Crippen molar-refractivity contribution in [2.24, 2.45) is 11.7 Å². The van der Waals surface area contributed by atoms with Gasteiger partial charge < -0.3 is 11.1 Å². The summed E-state index contributed by atoms with van der Waals surface area (Å²) in [6, 6.07) is 7.33. The quantitative estimate of drug-likeness (QED) is 0.888. The van der Waals surface area contributed by atoms with Gasteiger partial charge in [-0.15, -0.1) is 12.4 Å². The molecule has 0 aromatic heterocycles. The summed E-state index contributed by atoms with van der Waals surface area (Å²) in [4.78, 5) is 11.8. The first-order chi connectivity index (χ1) is 7.93. The van der Waals surface area contributed by atoms with Gasteiger partial charge in [0.15, 0.2) is 0 Å². The van der Waals surface area contributed by atoms with Crippen molar-refractivity contribution in [2.75, 3.05) is 0 Å². The number of hydrogen-bond donors (Lipinski definition) is 2. The lowest BCUT2D eigenvalue weighted by Crippen LogP contribution is -2.44. The van der Waals surface area contributed by atoms with E-state index in [0.717, 1.165) is 10.0 Å². The molecule has 1 rings (SSSR count). The lowest BCUT2D eigenvalue weighted by molar-refractivity contribution is -0.123. The van der Waals surface area contributed by atoms with Crippen LogP contribution in [-0.2, 0) is 4.79 Å². The van der Waals surface area contributed by atoms with Crippen LogP contribution < -0.4 is 11.1 Å². The standard InChI is InChI=1S/C13H19BrN2O.ClH/c1-8(2)12(15)13(17)16-9(3)10-6-4-5-7-11(10)14;/h4-9,12H,15H2,1-3H3,(H,16,17);1H. The molecule has 0 spiro atoms. The van der Waals surface area contributed by atoms with E-state index in [1.807, 2.05) is 45.0 Å². The Morgan fingerprint density at radius 2 is 1.83 bits per heavy atom. The third-order valence-electron chi connectivity index (χ3n) is 2.75. The van der Waals surface area contributed by atoms with Crippen LogP contribution in [0.15, 0.2) is 28.7 Å². The third kappa shape index (κ3) is 4.59. The third-order valence-corrected chi connectivity index (χ3v) is 3.47. The highest BCUT2D eigenvalue weighted by Gasteiger charge is 2.20. The molecule has 0 fully saturated rings. The summed E-state index contributed by atoms with van der Waals surface area (Å²) in [5.74, 6) is 0.0321. The van der Waals surface area contributed by atoms with E-state index in [-0.39, 0.29) is 30.3 Å². The zero-order chi connectivity index (χ0) is 13.0. The molecule has 0 aliphatic carbocycles. The predicted molar refractivity (Wildman–Crippen MR) is 80.8 cm³/mol. The average Bonchev–Trinajstić information content (AvgIpc) is 2.28. The van der Waals surface area contributed by atoms with E-state index in [1.54, 1.807) is 0 Å². The fourth-order valence-corrected chi connectivity index (χ4v) is 2.14. The Labute approximate surface area is 123 Å². The SMILES string of the molecule is CC(NC(=O)C(N)C(C)C)c1ccccc1Br.Cl. The molecule has 18 heavy (non-hydrogen) atoms. The number of nitrogens with one attached hydrogen (secondary N) is 1.